The van der Waals surface area contributed by atoms with Crippen LogP contribution in [0.5, 0.6) is 0 Å². The third kappa shape index (κ3) is 6.84. The van der Waals surface area contributed by atoms with Gasteiger partial charge >= 0.3 is 0 Å². The highest BCUT2D eigenvalue weighted by atomic mass is 35.5. The van der Waals surface area contributed by atoms with Gasteiger partial charge in [0.25, 0.3) is 0 Å². The Hall–Kier alpha value is -0.840. The zero-order valence-electron chi connectivity index (χ0n) is 23.2. The summed E-state index contributed by atoms with van der Waals surface area (Å²) in [6, 6.07) is -0.197. The maximum atomic E-state index is 14.7. The lowest BCUT2D eigenvalue weighted by molar-refractivity contribution is -0.129. The second-order valence-electron chi connectivity index (χ2n) is 12.0. The maximum Gasteiger partial charge on any atom is 0.228 e. The SMILES string of the molecule is CCCCC(F)CN(C)C1CC(CC)=NC(N)C1C(=O)NC1CNCC(Cl)C1N1CC2CN(C)CC2C1. The number of carbonyl (C=O) groups excluding carboxylic acids is 1. The second-order valence-corrected chi connectivity index (χ2v) is 12.6. The van der Waals surface area contributed by atoms with E-state index in [-0.39, 0.29) is 29.4 Å². The Morgan fingerprint density at radius 3 is 2.62 bits per heavy atom. The average molecular weight is 542 g/mol. The number of nitrogens with zero attached hydrogens (tertiary/aromatic N) is 4. The molecular weight excluding hydrogens is 493 g/mol. The van der Waals surface area contributed by atoms with Crippen molar-refractivity contribution in [3.05, 3.63) is 0 Å². The van der Waals surface area contributed by atoms with Crippen LogP contribution in [0, 0.1) is 17.8 Å². The van der Waals surface area contributed by atoms with Crippen LogP contribution in [0.15, 0.2) is 4.99 Å². The summed E-state index contributed by atoms with van der Waals surface area (Å²) in [5, 5.41) is 6.68. The molecule has 1 amide bonds. The van der Waals surface area contributed by atoms with Gasteiger partial charge in [-0.25, -0.2) is 4.39 Å². The molecule has 3 fully saturated rings. The highest BCUT2D eigenvalue weighted by Crippen LogP contribution is 2.34. The van der Waals surface area contributed by atoms with Crippen LogP contribution in [0.2, 0.25) is 0 Å². The zero-order valence-corrected chi connectivity index (χ0v) is 24.0. The molecule has 9 unspecified atom stereocenters. The monoisotopic (exact) mass is 541 g/mol. The molecule has 4 N–H and O–H groups in total. The molecule has 0 saturated carbocycles. The van der Waals surface area contributed by atoms with E-state index in [1.807, 2.05) is 11.9 Å². The van der Waals surface area contributed by atoms with Crippen molar-refractivity contribution in [2.24, 2.45) is 28.5 Å². The van der Waals surface area contributed by atoms with Gasteiger partial charge in [-0.15, -0.1) is 11.6 Å². The van der Waals surface area contributed by atoms with Gasteiger partial charge in [-0.1, -0.05) is 26.7 Å². The van der Waals surface area contributed by atoms with Crippen molar-refractivity contribution >= 4 is 23.2 Å². The molecule has 0 bridgehead atoms. The highest BCUT2D eigenvalue weighted by molar-refractivity contribution is 6.21. The molecule has 0 spiro atoms. The van der Waals surface area contributed by atoms with Crippen molar-refractivity contribution in [2.75, 3.05) is 59.9 Å². The van der Waals surface area contributed by atoms with Gasteiger partial charge < -0.3 is 21.3 Å². The van der Waals surface area contributed by atoms with Crippen LogP contribution < -0.4 is 16.4 Å². The number of amides is 1. The molecule has 212 valence electrons. The largest absolute Gasteiger partial charge is 0.350 e. The summed E-state index contributed by atoms with van der Waals surface area (Å²) >= 11 is 6.89. The second kappa shape index (κ2) is 13.0. The van der Waals surface area contributed by atoms with E-state index < -0.39 is 18.3 Å². The van der Waals surface area contributed by atoms with Gasteiger partial charge in [0.1, 0.15) is 12.3 Å². The highest BCUT2D eigenvalue weighted by Gasteiger charge is 2.47. The van der Waals surface area contributed by atoms with Gasteiger partial charge in [-0.05, 0) is 38.8 Å². The lowest BCUT2D eigenvalue weighted by atomic mass is 9.85. The minimum atomic E-state index is -0.911. The minimum absolute atomic E-state index is 0.0790. The molecule has 37 heavy (non-hydrogen) atoms. The molecule has 10 heteroatoms. The van der Waals surface area contributed by atoms with Crippen molar-refractivity contribution < 1.29 is 9.18 Å². The quantitative estimate of drug-likeness (QED) is 0.363. The molecular formula is C27H49ClFN7O. The van der Waals surface area contributed by atoms with Crippen LogP contribution >= 0.6 is 11.6 Å². The number of hydrogen-bond donors (Lipinski definition) is 3. The Labute approximate surface area is 227 Å². The smallest absolute Gasteiger partial charge is 0.228 e. The molecule has 8 nitrogen and oxygen atoms in total. The van der Waals surface area contributed by atoms with E-state index in [0.717, 1.165) is 57.7 Å². The molecule has 4 rings (SSSR count). The van der Waals surface area contributed by atoms with Gasteiger partial charge in [0.05, 0.1) is 17.3 Å². The molecule has 3 saturated heterocycles. The number of alkyl halides is 2. The van der Waals surface area contributed by atoms with Crippen LogP contribution in [0.4, 0.5) is 4.39 Å². The van der Waals surface area contributed by atoms with Gasteiger partial charge in [0, 0.05) is 70.0 Å². The summed E-state index contributed by atoms with van der Waals surface area (Å²) < 4.78 is 14.7. The van der Waals surface area contributed by atoms with Crippen LogP contribution in [0.25, 0.3) is 0 Å². The third-order valence-electron chi connectivity index (χ3n) is 9.13. The fourth-order valence-corrected chi connectivity index (χ4v) is 7.62. The topological polar surface area (TPSA) is 89.2 Å². The van der Waals surface area contributed by atoms with E-state index in [0.29, 0.717) is 37.8 Å². The minimum Gasteiger partial charge on any atom is -0.350 e. The summed E-state index contributed by atoms with van der Waals surface area (Å²) in [4.78, 5) is 25.5. The van der Waals surface area contributed by atoms with Gasteiger partial charge in [0.15, 0.2) is 0 Å². The number of likely N-dealkylation sites (tertiary alicyclic amines) is 2. The molecule has 4 aliphatic rings. The fourth-order valence-electron chi connectivity index (χ4n) is 7.18. The number of halogens is 2. The standard InChI is InChI=1S/C27H49ClFN7O/c1-5-7-8-19(29)16-35(4)23-9-20(6-2)32-26(30)24(23)27(37)33-22-11-31-10-21(28)25(22)36-14-17-12-34(3)13-18(17)15-36/h17-19,21-26,31H,5-16,30H2,1-4H3,(H,33,37). The molecule has 0 aliphatic carbocycles. The Morgan fingerprint density at radius 2 is 1.97 bits per heavy atom. The molecule has 9 atom stereocenters. The van der Waals surface area contributed by atoms with Crippen molar-refractivity contribution in [3.8, 4) is 0 Å². The molecule has 4 heterocycles. The van der Waals surface area contributed by atoms with Crippen molar-refractivity contribution in [1.82, 2.24) is 25.3 Å². The Morgan fingerprint density at radius 1 is 1.27 bits per heavy atom. The van der Waals surface area contributed by atoms with E-state index in [2.05, 4.69) is 46.3 Å². The van der Waals surface area contributed by atoms with E-state index >= 15 is 0 Å². The van der Waals surface area contributed by atoms with E-state index in [1.165, 1.54) is 0 Å². The summed E-state index contributed by atoms with van der Waals surface area (Å²) in [6.07, 6.45) is 2.28. The van der Waals surface area contributed by atoms with Crippen molar-refractivity contribution in [1.29, 1.82) is 0 Å². The molecule has 0 radical (unpaired) electrons. The maximum absolute atomic E-state index is 14.7. The number of nitrogens with one attached hydrogen (secondary N) is 2. The normalized spacial score (nSPS) is 38.0. The Kier molecular flexibility index (Phi) is 10.2. The number of nitrogens with two attached hydrogens (primary N) is 1. The Balaban J connectivity index is 1.46. The lowest BCUT2D eigenvalue weighted by Gasteiger charge is -2.44. The molecule has 0 aromatic heterocycles. The number of carbonyl (C=O) groups is 1. The first-order chi connectivity index (χ1) is 17.7. The number of fused-ring (bicyclic) bond motifs is 1. The van der Waals surface area contributed by atoms with Crippen molar-refractivity contribution in [2.45, 2.75) is 81.8 Å². The molecule has 0 aromatic rings. The number of aliphatic imine (C=N–C) groups is 1. The summed E-state index contributed by atoms with van der Waals surface area (Å²) in [5.41, 5.74) is 7.53. The molecule has 0 aromatic carbocycles. The summed E-state index contributed by atoms with van der Waals surface area (Å²) in [6.45, 7) is 10.2. The lowest BCUT2D eigenvalue weighted by Crippen LogP contribution is -2.66. The number of rotatable bonds is 10. The van der Waals surface area contributed by atoms with Gasteiger partial charge in [0.2, 0.25) is 5.91 Å². The first-order valence-electron chi connectivity index (χ1n) is 14.4. The van der Waals surface area contributed by atoms with Crippen LogP contribution in [0.3, 0.4) is 0 Å². The number of unbranched alkanes of at least 4 members (excludes halogenated alkanes) is 1. The van der Waals surface area contributed by atoms with Crippen LogP contribution in [-0.2, 0) is 4.79 Å². The first-order valence-corrected chi connectivity index (χ1v) is 14.9. The van der Waals surface area contributed by atoms with Crippen molar-refractivity contribution in [3.63, 3.8) is 0 Å². The fraction of sp³-hybridized carbons (Fsp3) is 0.926. The average Bonchev–Trinajstić information content (AvgIpc) is 3.39. The van der Waals surface area contributed by atoms with E-state index in [4.69, 9.17) is 17.3 Å². The van der Waals surface area contributed by atoms with Crippen LogP contribution in [0.1, 0.15) is 46.0 Å². The number of hydrogen-bond acceptors (Lipinski definition) is 7. The summed E-state index contributed by atoms with van der Waals surface area (Å²) in [7, 11) is 4.12. The van der Waals surface area contributed by atoms with E-state index in [9.17, 15) is 9.18 Å². The molecule has 4 aliphatic heterocycles. The van der Waals surface area contributed by atoms with Gasteiger partial charge in [-0.2, -0.15) is 0 Å². The predicted molar refractivity (Wildman–Crippen MR) is 149 cm³/mol. The van der Waals surface area contributed by atoms with Gasteiger partial charge in [-0.3, -0.25) is 19.6 Å². The zero-order chi connectivity index (χ0) is 26.7. The number of piperidine rings is 1. The van der Waals surface area contributed by atoms with Crippen LogP contribution in [-0.4, -0.2) is 122 Å². The third-order valence-corrected chi connectivity index (χ3v) is 9.54. The predicted octanol–water partition coefficient (Wildman–Crippen LogP) is 1.53. The Bertz CT molecular complexity index is 789. The first kappa shape index (κ1) is 29.2. The van der Waals surface area contributed by atoms with E-state index in [1.54, 1.807) is 0 Å². The summed E-state index contributed by atoms with van der Waals surface area (Å²) in [5.74, 6) is 0.733.